The SMILES string of the molecule is COc1ccc(-n2nc3c4c([nH]cc-3c2=O)CCCCCCCC4)cc1. The summed E-state index contributed by atoms with van der Waals surface area (Å²) in [4.78, 5) is 16.3. The number of ether oxygens (including phenoxy) is 1. The molecule has 1 N–H and O–H groups in total. The summed E-state index contributed by atoms with van der Waals surface area (Å²) in [6.45, 7) is 0. The molecule has 4 rings (SSSR count). The lowest BCUT2D eigenvalue weighted by Crippen LogP contribution is -2.14. The minimum atomic E-state index is -0.0682. The first kappa shape index (κ1) is 16.9. The average molecular weight is 351 g/mol. The molecule has 5 nitrogen and oxygen atoms in total. The van der Waals surface area contributed by atoms with E-state index in [9.17, 15) is 4.79 Å². The average Bonchev–Trinajstić information content (AvgIpc) is 3.02. The fourth-order valence-corrected chi connectivity index (χ4v) is 3.86. The van der Waals surface area contributed by atoms with Crippen LogP contribution in [0.3, 0.4) is 0 Å². The molecule has 1 aromatic carbocycles. The number of rotatable bonds is 2. The quantitative estimate of drug-likeness (QED) is 0.756. The van der Waals surface area contributed by atoms with E-state index in [1.165, 1.54) is 48.0 Å². The molecule has 1 aliphatic carbocycles. The molecule has 3 aliphatic rings. The number of aryl methyl sites for hydroxylation is 1. The van der Waals surface area contributed by atoms with Gasteiger partial charge in [-0.05, 0) is 55.5 Å². The van der Waals surface area contributed by atoms with Crippen molar-refractivity contribution in [1.29, 1.82) is 0 Å². The van der Waals surface area contributed by atoms with Crippen molar-refractivity contribution >= 4 is 0 Å². The first-order valence-corrected chi connectivity index (χ1v) is 9.54. The van der Waals surface area contributed by atoms with Crippen molar-refractivity contribution in [1.82, 2.24) is 14.8 Å². The van der Waals surface area contributed by atoms with Crippen molar-refractivity contribution < 1.29 is 4.74 Å². The van der Waals surface area contributed by atoms with Gasteiger partial charge in [0.25, 0.3) is 5.56 Å². The molecule has 1 aromatic rings. The second-order valence-electron chi connectivity index (χ2n) is 7.04. The maximum Gasteiger partial charge on any atom is 0.282 e. The van der Waals surface area contributed by atoms with Crippen LogP contribution in [-0.4, -0.2) is 21.9 Å². The molecule has 2 aliphatic heterocycles. The van der Waals surface area contributed by atoms with Crippen LogP contribution < -0.4 is 10.3 Å². The van der Waals surface area contributed by atoms with Gasteiger partial charge in [-0.2, -0.15) is 9.78 Å². The first-order chi connectivity index (χ1) is 12.8. The molecule has 0 saturated heterocycles. The number of nitrogens with one attached hydrogen (secondary N) is 1. The van der Waals surface area contributed by atoms with E-state index in [0.29, 0.717) is 5.56 Å². The molecular weight excluding hydrogens is 326 g/mol. The van der Waals surface area contributed by atoms with Gasteiger partial charge in [0.15, 0.2) is 0 Å². The van der Waals surface area contributed by atoms with Gasteiger partial charge < -0.3 is 9.72 Å². The normalized spacial score (nSPS) is 15.6. The number of hydrogen-bond acceptors (Lipinski definition) is 3. The van der Waals surface area contributed by atoms with Gasteiger partial charge in [0.2, 0.25) is 0 Å². The van der Waals surface area contributed by atoms with Crippen LogP contribution in [0.15, 0.2) is 35.3 Å². The predicted molar refractivity (Wildman–Crippen MR) is 102 cm³/mol. The summed E-state index contributed by atoms with van der Waals surface area (Å²) >= 11 is 0. The number of benzene rings is 1. The lowest BCUT2D eigenvalue weighted by molar-refractivity contribution is 0.414. The van der Waals surface area contributed by atoms with Gasteiger partial charge in [-0.1, -0.05) is 25.7 Å². The summed E-state index contributed by atoms with van der Waals surface area (Å²) in [6.07, 6.45) is 11.4. The highest BCUT2D eigenvalue weighted by atomic mass is 16.5. The number of nitrogens with zero attached hydrogens (tertiary/aromatic N) is 2. The molecule has 0 bridgehead atoms. The van der Waals surface area contributed by atoms with E-state index in [0.717, 1.165) is 36.4 Å². The van der Waals surface area contributed by atoms with Gasteiger partial charge in [0, 0.05) is 11.9 Å². The van der Waals surface area contributed by atoms with Crippen molar-refractivity contribution in [3.8, 4) is 22.7 Å². The Morgan fingerprint density at radius 1 is 1.00 bits per heavy atom. The van der Waals surface area contributed by atoms with Gasteiger partial charge in [-0.15, -0.1) is 0 Å². The van der Waals surface area contributed by atoms with Crippen LogP contribution in [0.4, 0.5) is 0 Å². The molecule has 2 heterocycles. The van der Waals surface area contributed by atoms with Gasteiger partial charge in [-0.25, -0.2) is 0 Å². The van der Waals surface area contributed by atoms with E-state index in [1.807, 2.05) is 30.5 Å². The molecule has 0 saturated carbocycles. The van der Waals surface area contributed by atoms with Crippen LogP contribution in [0.2, 0.25) is 0 Å². The lowest BCUT2D eigenvalue weighted by atomic mass is 9.95. The Morgan fingerprint density at radius 2 is 1.69 bits per heavy atom. The zero-order valence-corrected chi connectivity index (χ0v) is 15.3. The number of fused-ring (bicyclic) bond motifs is 3. The largest absolute Gasteiger partial charge is 0.497 e. The number of H-pyrrole nitrogens is 1. The lowest BCUT2D eigenvalue weighted by Gasteiger charge is -2.14. The molecule has 0 amide bonds. The molecule has 136 valence electrons. The molecule has 0 atom stereocenters. The van der Waals surface area contributed by atoms with Gasteiger partial charge >= 0.3 is 0 Å². The summed E-state index contributed by atoms with van der Waals surface area (Å²) in [5, 5.41) is 4.72. The van der Waals surface area contributed by atoms with E-state index in [-0.39, 0.29) is 5.56 Å². The smallest absolute Gasteiger partial charge is 0.282 e. The van der Waals surface area contributed by atoms with Gasteiger partial charge in [0.05, 0.1) is 18.4 Å². The van der Waals surface area contributed by atoms with E-state index >= 15 is 0 Å². The van der Waals surface area contributed by atoms with Crippen LogP contribution in [-0.2, 0) is 12.8 Å². The minimum absolute atomic E-state index is 0.0682. The minimum Gasteiger partial charge on any atom is -0.497 e. The second kappa shape index (κ2) is 7.36. The predicted octanol–water partition coefficient (Wildman–Crippen LogP) is 4.11. The Morgan fingerprint density at radius 3 is 2.42 bits per heavy atom. The van der Waals surface area contributed by atoms with E-state index < -0.39 is 0 Å². The number of methoxy groups -OCH3 is 1. The van der Waals surface area contributed by atoms with E-state index in [2.05, 4.69) is 4.98 Å². The topological polar surface area (TPSA) is 59.9 Å². The molecule has 5 heteroatoms. The molecular formula is C21H25N3O2. The highest BCUT2D eigenvalue weighted by Gasteiger charge is 2.22. The third-order valence-corrected chi connectivity index (χ3v) is 5.34. The molecule has 26 heavy (non-hydrogen) atoms. The molecule has 0 spiro atoms. The molecule has 0 aromatic heterocycles. The Bertz CT molecular complexity index is 908. The number of aromatic amines is 1. The Hall–Kier alpha value is -2.56. The summed E-state index contributed by atoms with van der Waals surface area (Å²) in [6, 6.07) is 7.45. The Kier molecular flexibility index (Phi) is 4.78. The standard InChI is InChI=1S/C21H25N3O2/c1-26-16-12-10-15(11-13-16)24-21(25)18-14-22-19-9-7-5-3-2-4-6-8-17(19)20(18)23-24/h10-14,22H,2-9H2,1H3. The maximum atomic E-state index is 12.9. The monoisotopic (exact) mass is 351 g/mol. The fraction of sp³-hybridized carbons (Fsp3) is 0.429. The number of hydrogen-bond donors (Lipinski definition) is 1. The van der Waals surface area contributed by atoms with Crippen LogP contribution in [0.25, 0.3) is 16.9 Å². The van der Waals surface area contributed by atoms with Crippen LogP contribution in [0.5, 0.6) is 5.75 Å². The summed E-state index contributed by atoms with van der Waals surface area (Å²) in [7, 11) is 1.63. The molecule has 0 radical (unpaired) electrons. The summed E-state index contributed by atoms with van der Waals surface area (Å²) < 4.78 is 6.71. The van der Waals surface area contributed by atoms with E-state index in [1.54, 1.807) is 7.11 Å². The van der Waals surface area contributed by atoms with Crippen molar-refractivity contribution in [2.24, 2.45) is 0 Å². The van der Waals surface area contributed by atoms with Gasteiger partial charge in [0.1, 0.15) is 11.4 Å². The zero-order valence-electron chi connectivity index (χ0n) is 15.3. The van der Waals surface area contributed by atoms with Crippen molar-refractivity contribution in [3.63, 3.8) is 0 Å². The van der Waals surface area contributed by atoms with Crippen molar-refractivity contribution in [2.75, 3.05) is 7.11 Å². The fourth-order valence-electron chi connectivity index (χ4n) is 3.86. The second-order valence-corrected chi connectivity index (χ2v) is 7.04. The van der Waals surface area contributed by atoms with Gasteiger partial charge in [-0.3, -0.25) is 4.79 Å². The Labute approximate surface area is 153 Å². The summed E-state index contributed by atoms with van der Waals surface area (Å²) in [5.74, 6) is 0.767. The van der Waals surface area contributed by atoms with Crippen LogP contribution >= 0.6 is 0 Å². The first-order valence-electron chi connectivity index (χ1n) is 9.54. The number of aromatic nitrogens is 3. The van der Waals surface area contributed by atoms with Crippen LogP contribution in [0.1, 0.15) is 49.8 Å². The highest BCUT2D eigenvalue weighted by Crippen LogP contribution is 2.28. The Balaban J connectivity index is 1.80. The molecule has 0 unspecified atom stereocenters. The zero-order chi connectivity index (χ0) is 17.9. The highest BCUT2D eigenvalue weighted by molar-refractivity contribution is 5.65. The van der Waals surface area contributed by atoms with Crippen molar-refractivity contribution in [3.05, 3.63) is 52.1 Å². The van der Waals surface area contributed by atoms with Crippen LogP contribution in [0, 0.1) is 0 Å². The van der Waals surface area contributed by atoms with E-state index in [4.69, 9.17) is 9.84 Å². The number of pyridine rings is 1. The third-order valence-electron chi connectivity index (χ3n) is 5.34. The van der Waals surface area contributed by atoms with Crippen molar-refractivity contribution in [2.45, 2.75) is 51.4 Å². The summed E-state index contributed by atoms with van der Waals surface area (Å²) in [5.41, 5.74) is 4.71. The maximum absolute atomic E-state index is 12.9. The third kappa shape index (κ3) is 3.14. The molecule has 0 fully saturated rings.